The van der Waals surface area contributed by atoms with Gasteiger partial charge >= 0.3 is 0 Å². The van der Waals surface area contributed by atoms with Crippen LogP contribution in [-0.4, -0.2) is 56.3 Å². The van der Waals surface area contributed by atoms with Crippen LogP contribution >= 0.6 is 11.6 Å². The van der Waals surface area contributed by atoms with Crippen LogP contribution in [0.5, 0.6) is 23.0 Å². The number of pyridine rings is 1. The van der Waals surface area contributed by atoms with Gasteiger partial charge in [0.15, 0.2) is 11.5 Å². The van der Waals surface area contributed by atoms with Gasteiger partial charge < -0.3 is 23.8 Å². The lowest BCUT2D eigenvalue weighted by atomic mass is 10.1. The molecule has 3 rings (SSSR count). The number of carbonyl (C=O) groups is 1. The van der Waals surface area contributed by atoms with Crippen molar-refractivity contribution in [3.05, 3.63) is 41.2 Å². The number of benzene rings is 1. The van der Waals surface area contributed by atoms with Gasteiger partial charge in [0.2, 0.25) is 5.75 Å². The minimum absolute atomic E-state index is 0.117. The summed E-state index contributed by atoms with van der Waals surface area (Å²) in [6, 6.07) is 5.05. The van der Waals surface area contributed by atoms with E-state index in [4.69, 9.17) is 30.5 Å². The van der Waals surface area contributed by atoms with Crippen molar-refractivity contribution in [2.24, 2.45) is 0 Å². The molecule has 7 nitrogen and oxygen atoms in total. The molecule has 1 aliphatic rings. The van der Waals surface area contributed by atoms with E-state index in [0.717, 1.165) is 12.8 Å². The van der Waals surface area contributed by atoms with E-state index in [0.29, 0.717) is 46.7 Å². The third-order valence-corrected chi connectivity index (χ3v) is 4.89. The number of halogens is 1. The molecule has 1 atom stereocenters. The molecule has 1 aromatic heterocycles. The number of hydrogen-bond acceptors (Lipinski definition) is 6. The molecule has 1 saturated heterocycles. The molecule has 0 unspecified atom stereocenters. The number of likely N-dealkylation sites (tertiary alicyclic amines) is 1. The van der Waals surface area contributed by atoms with E-state index >= 15 is 0 Å². The number of rotatable bonds is 6. The van der Waals surface area contributed by atoms with Crippen molar-refractivity contribution >= 4 is 17.5 Å². The highest BCUT2D eigenvalue weighted by atomic mass is 35.5. The van der Waals surface area contributed by atoms with Crippen molar-refractivity contribution < 1.29 is 23.7 Å². The lowest BCUT2D eigenvalue weighted by Crippen LogP contribution is -2.44. The first kappa shape index (κ1) is 20.1. The van der Waals surface area contributed by atoms with Crippen LogP contribution in [0.25, 0.3) is 0 Å². The minimum Gasteiger partial charge on any atom is -0.493 e. The second kappa shape index (κ2) is 9.01. The summed E-state index contributed by atoms with van der Waals surface area (Å²) in [6.45, 7) is 1.12. The highest BCUT2D eigenvalue weighted by Crippen LogP contribution is 2.38. The fourth-order valence-corrected chi connectivity index (χ4v) is 3.41. The van der Waals surface area contributed by atoms with Gasteiger partial charge in [-0.15, -0.1) is 0 Å². The highest BCUT2D eigenvalue weighted by molar-refractivity contribution is 6.31. The molecular weight excluding hydrogens is 384 g/mol. The molecule has 1 aliphatic heterocycles. The van der Waals surface area contributed by atoms with Crippen LogP contribution in [0.3, 0.4) is 0 Å². The maximum atomic E-state index is 13.1. The van der Waals surface area contributed by atoms with Gasteiger partial charge in [0.1, 0.15) is 16.9 Å². The maximum Gasteiger partial charge on any atom is 0.254 e. The van der Waals surface area contributed by atoms with E-state index in [2.05, 4.69) is 4.98 Å². The quantitative estimate of drug-likeness (QED) is 0.731. The van der Waals surface area contributed by atoms with Gasteiger partial charge in [0.25, 0.3) is 5.91 Å². The summed E-state index contributed by atoms with van der Waals surface area (Å²) in [5.41, 5.74) is 0.470. The first-order chi connectivity index (χ1) is 13.6. The van der Waals surface area contributed by atoms with E-state index < -0.39 is 0 Å². The van der Waals surface area contributed by atoms with Crippen molar-refractivity contribution in [3.8, 4) is 23.0 Å². The molecule has 1 fully saturated rings. The van der Waals surface area contributed by atoms with E-state index in [1.165, 1.54) is 21.3 Å². The fourth-order valence-electron chi connectivity index (χ4n) is 3.24. The molecule has 0 spiro atoms. The number of methoxy groups -OCH3 is 3. The number of ether oxygens (including phenoxy) is 4. The van der Waals surface area contributed by atoms with Gasteiger partial charge in [-0.3, -0.25) is 9.78 Å². The van der Waals surface area contributed by atoms with E-state index in [1.54, 1.807) is 35.5 Å². The number of hydrogen-bond donors (Lipinski definition) is 0. The molecule has 0 bridgehead atoms. The average molecular weight is 407 g/mol. The van der Waals surface area contributed by atoms with E-state index in [-0.39, 0.29) is 12.0 Å². The summed E-state index contributed by atoms with van der Waals surface area (Å²) < 4.78 is 22.0. The molecule has 28 heavy (non-hydrogen) atoms. The molecule has 0 N–H and O–H groups in total. The van der Waals surface area contributed by atoms with Crippen LogP contribution in [0.2, 0.25) is 5.02 Å². The Kier molecular flexibility index (Phi) is 6.46. The van der Waals surface area contributed by atoms with Crippen LogP contribution in [0.1, 0.15) is 23.2 Å². The van der Waals surface area contributed by atoms with Gasteiger partial charge in [-0.25, -0.2) is 0 Å². The molecule has 1 amide bonds. The van der Waals surface area contributed by atoms with Crippen LogP contribution in [0, 0.1) is 0 Å². The smallest absolute Gasteiger partial charge is 0.254 e. The normalized spacial score (nSPS) is 16.4. The largest absolute Gasteiger partial charge is 0.493 e. The van der Waals surface area contributed by atoms with Crippen molar-refractivity contribution in [2.45, 2.75) is 18.9 Å². The second-order valence-corrected chi connectivity index (χ2v) is 6.76. The molecule has 0 saturated carbocycles. The number of amides is 1. The summed E-state index contributed by atoms with van der Waals surface area (Å²) in [4.78, 5) is 18.8. The lowest BCUT2D eigenvalue weighted by Gasteiger charge is -2.33. The van der Waals surface area contributed by atoms with Crippen molar-refractivity contribution in [1.82, 2.24) is 9.88 Å². The van der Waals surface area contributed by atoms with Crippen LogP contribution in [-0.2, 0) is 0 Å². The number of aromatic nitrogens is 1. The highest BCUT2D eigenvalue weighted by Gasteiger charge is 2.27. The topological polar surface area (TPSA) is 70.1 Å². The van der Waals surface area contributed by atoms with Crippen LogP contribution in [0.4, 0.5) is 0 Å². The van der Waals surface area contributed by atoms with E-state index in [1.807, 2.05) is 0 Å². The third kappa shape index (κ3) is 4.25. The zero-order valence-corrected chi connectivity index (χ0v) is 16.9. The van der Waals surface area contributed by atoms with Crippen LogP contribution < -0.4 is 18.9 Å². The summed E-state index contributed by atoms with van der Waals surface area (Å²) in [6.07, 6.45) is 4.71. The number of piperidine rings is 1. The summed E-state index contributed by atoms with van der Waals surface area (Å²) in [7, 11) is 4.57. The summed E-state index contributed by atoms with van der Waals surface area (Å²) >= 11 is 6.13. The van der Waals surface area contributed by atoms with Crippen molar-refractivity contribution in [3.63, 3.8) is 0 Å². The Morgan fingerprint density at radius 2 is 1.86 bits per heavy atom. The van der Waals surface area contributed by atoms with Crippen molar-refractivity contribution in [1.29, 1.82) is 0 Å². The standard InChI is InChI=1S/C20H23ClN2O5/c1-25-17-9-13(10-18(26-2)19(17)27-3)20(24)23-8-4-5-14(12-23)28-16-6-7-22-11-15(16)21/h6-7,9-11,14H,4-5,8,12H2,1-3H3/t14-/m1/s1. The van der Waals surface area contributed by atoms with E-state index in [9.17, 15) is 4.79 Å². The molecule has 1 aromatic carbocycles. The molecule has 2 aromatic rings. The average Bonchev–Trinajstić information content (AvgIpc) is 2.73. The Bertz CT molecular complexity index is 820. The Labute approximate surface area is 169 Å². The van der Waals surface area contributed by atoms with Gasteiger partial charge in [-0.1, -0.05) is 11.6 Å². The number of carbonyl (C=O) groups excluding carboxylic acids is 1. The molecule has 150 valence electrons. The zero-order chi connectivity index (χ0) is 20.1. The first-order valence-electron chi connectivity index (χ1n) is 8.92. The predicted octanol–water partition coefficient (Wildman–Crippen LogP) is 3.44. The van der Waals surface area contributed by atoms with Gasteiger partial charge in [0, 0.05) is 30.6 Å². The van der Waals surface area contributed by atoms with Gasteiger partial charge in [0.05, 0.1) is 27.9 Å². The fraction of sp³-hybridized carbons (Fsp3) is 0.400. The number of nitrogens with zero attached hydrogens (tertiary/aromatic N) is 2. The van der Waals surface area contributed by atoms with Crippen molar-refractivity contribution in [2.75, 3.05) is 34.4 Å². The van der Waals surface area contributed by atoms with Crippen LogP contribution in [0.15, 0.2) is 30.6 Å². The second-order valence-electron chi connectivity index (χ2n) is 6.35. The Balaban J connectivity index is 1.78. The maximum absolute atomic E-state index is 13.1. The Hall–Kier alpha value is -2.67. The Morgan fingerprint density at radius 1 is 1.14 bits per heavy atom. The molecule has 8 heteroatoms. The SMILES string of the molecule is COc1cc(C(=O)N2CCC[C@@H](Oc3ccncc3Cl)C2)cc(OC)c1OC. The summed E-state index contributed by atoms with van der Waals surface area (Å²) in [5, 5.41) is 0.454. The lowest BCUT2D eigenvalue weighted by molar-refractivity contribution is 0.0537. The molecule has 0 radical (unpaired) electrons. The first-order valence-corrected chi connectivity index (χ1v) is 9.30. The molecule has 2 heterocycles. The molecular formula is C20H23ClN2O5. The molecule has 0 aliphatic carbocycles. The van der Waals surface area contributed by atoms with Gasteiger partial charge in [-0.05, 0) is 25.0 Å². The van der Waals surface area contributed by atoms with Gasteiger partial charge in [-0.2, -0.15) is 0 Å². The Morgan fingerprint density at radius 3 is 2.46 bits per heavy atom. The monoisotopic (exact) mass is 406 g/mol. The predicted molar refractivity (Wildman–Crippen MR) is 105 cm³/mol. The zero-order valence-electron chi connectivity index (χ0n) is 16.1. The minimum atomic E-state index is -0.139. The summed E-state index contributed by atoms with van der Waals surface area (Å²) in [5.74, 6) is 1.79. The third-order valence-electron chi connectivity index (χ3n) is 4.61.